The quantitative estimate of drug-likeness (QED) is 0.630. The van der Waals surface area contributed by atoms with Crippen LogP contribution in [0.15, 0.2) is 24.3 Å². The highest BCUT2D eigenvalue weighted by Gasteiger charge is 2.10. The van der Waals surface area contributed by atoms with Gasteiger partial charge in [-0.15, -0.1) is 12.4 Å². The Morgan fingerprint density at radius 1 is 1.23 bits per heavy atom. The fourth-order valence-corrected chi connectivity index (χ4v) is 1.81. The molecule has 0 saturated carbocycles. The number of carbonyl (C=O) groups is 2. The Labute approximate surface area is 136 Å². The minimum Gasteiger partial charge on any atom is -0.356 e. The molecular formula is C15H23ClFN3O2. The van der Waals surface area contributed by atoms with Crippen molar-refractivity contribution in [2.45, 2.75) is 13.3 Å². The Kier molecular flexibility index (Phi) is 10.2. The summed E-state index contributed by atoms with van der Waals surface area (Å²) in [4.78, 5) is 23.3. The molecule has 1 rings (SSSR count). The molecule has 1 atom stereocenters. The Hall–Kier alpha value is -1.66. The van der Waals surface area contributed by atoms with E-state index in [1.54, 1.807) is 13.1 Å². The van der Waals surface area contributed by atoms with E-state index < -0.39 is 5.82 Å². The van der Waals surface area contributed by atoms with Crippen molar-refractivity contribution in [3.8, 4) is 0 Å². The van der Waals surface area contributed by atoms with Crippen molar-refractivity contribution in [3.63, 3.8) is 0 Å². The predicted molar refractivity (Wildman–Crippen MR) is 86.7 cm³/mol. The van der Waals surface area contributed by atoms with E-state index >= 15 is 0 Å². The smallest absolute Gasteiger partial charge is 0.251 e. The molecule has 0 aromatic heterocycles. The van der Waals surface area contributed by atoms with E-state index in [-0.39, 0.29) is 30.1 Å². The zero-order valence-corrected chi connectivity index (χ0v) is 13.6. The van der Waals surface area contributed by atoms with E-state index in [0.717, 1.165) is 0 Å². The molecule has 124 valence electrons. The molecule has 1 aromatic rings. The summed E-state index contributed by atoms with van der Waals surface area (Å²) in [7, 11) is 1.80. The first-order chi connectivity index (χ1) is 10.0. The molecule has 3 N–H and O–H groups in total. The first-order valence-corrected chi connectivity index (χ1v) is 7.00. The number of hydrogen-bond acceptors (Lipinski definition) is 3. The van der Waals surface area contributed by atoms with Crippen LogP contribution in [-0.2, 0) is 4.79 Å². The van der Waals surface area contributed by atoms with Gasteiger partial charge in [-0.2, -0.15) is 0 Å². The number of carbonyl (C=O) groups excluding carboxylic acids is 2. The topological polar surface area (TPSA) is 70.2 Å². The highest BCUT2D eigenvalue weighted by atomic mass is 35.5. The van der Waals surface area contributed by atoms with Crippen LogP contribution in [0, 0.1) is 11.7 Å². The lowest BCUT2D eigenvalue weighted by atomic mass is 10.1. The van der Waals surface area contributed by atoms with E-state index in [0.29, 0.717) is 31.6 Å². The summed E-state index contributed by atoms with van der Waals surface area (Å²) in [6.45, 7) is 3.39. The van der Waals surface area contributed by atoms with E-state index in [1.165, 1.54) is 18.2 Å². The Balaban J connectivity index is 0.00000441. The van der Waals surface area contributed by atoms with Crippen LogP contribution in [0.5, 0.6) is 0 Å². The van der Waals surface area contributed by atoms with Crippen molar-refractivity contribution in [2.75, 3.05) is 26.7 Å². The van der Waals surface area contributed by atoms with Gasteiger partial charge in [0.2, 0.25) is 5.91 Å². The van der Waals surface area contributed by atoms with Gasteiger partial charge < -0.3 is 16.0 Å². The fourth-order valence-electron chi connectivity index (χ4n) is 1.81. The summed E-state index contributed by atoms with van der Waals surface area (Å²) >= 11 is 0. The van der Waals surface area contributed by atoms with Gasteiger partial charge in [0.05, 0.1) is 0 Å². The molecule has 0 aliphatic carbocycles. The number of benzene rings is 1. The SMILES string of the molecule is CNCC(C)C(=O)NCCCNC(=O)c1cccc(F)c1.Cl. The van der Waals surface area contributed by atoms with Gasteiger partial charge >= 0.3 is 0 Å². The predicted octanol–water partition coefficient (Wildman–Crippen LogP) is 1.34. The maximum Gasteiger partial charge on any atom is 0.251 e. The van der Waals surface area contributed by atoms with Crippen LogP contribution in [0.1, 0.15) is 23.7 Å². The monoisotopic (exact) mass is 331 g/mol. The van der Waals surface area contributed by atoms with Crippen molar-refractivity contribution in [2.24, 2.45) is 5.92 Å². The molecule has 0 bridgehead atoms. The molecule has 0 aliphatic rings. The average molecular weight is 332 g/mol. The zero-order valence-electron chi connectivity index (χ0n) is 12.8. The van der Waals surface area contributed by atoms with E-state index in [9.17, 15) is 14.0 Å². The van der Waals surface area contributed by atoms with Crippen molar-refractivity contribution < 1.29 is 14.0 Å². The van der Waals surface area contributed by atoms with Gasteiger partial charge in [-0.05, 0) is 31.7 Å². The van der Waals surface area contributed by atoms with Crippen LogP contribution < -0.4 is 16.0 Å². The lowest BCUT2D eigenvalue weighted by molar-refractivity contribution is -0.124. The molecule has 0 saturated heterocycles. The molecular weight excluding hydrogens is 309 g/mol. The van der Waals surface area contributed by atoms with Gasteiger partial charge in [0.15, 0.2) is 0 Å². The second-order valence-corrected chi connectivity index (χ2v) is 4.87. The summed E-state index contributed by atoms with van der Waals surface area (Å²) in [6.07, 6.45) is 0.624. The maximum absolute atomic E-state index is 13.0. The lowest BCUT2D eigenvalue weighted by Gasteiger charge is -2.11. The van der Waals surface area contributed by atoms with Crippen LogP contribution in [0.25, 0.3) is 0 Å². The number of hydrogen-bond donors (Lipinski definition) is 3. The highest BCUT2D eigenvalue weighted by molar-refractivity contribution is 5.94. The number of halogens is 2. The molecule has 7 heteroatoms. The molecule has 22 heavy (non-hydrogen) atoms. The summed E-state index contributed by atoms with van der Waals surface area (Å²) < 4.78 is 13.0. The van der Waals surface area contributed by atoms with Crippen LogP contribution in [0.3, 0.4) is 0 Å². The zero-order chi connectivity index (χ0) is 15.7. The molecule has 2 amide bonds. The molecule has 0 aliphatic heterocycles. The van der Waals surface area contributed by atoms with Gasteiger partial charge in [0, 0.05) is 31.1 Å². The summed E-state index contributed by atoms with van der Waals surface area (Å²) in [5.41, 5.74) is 0.293. The third-order valence-corrected chi connectivity index (χ3v) is 2.98. The minimum absolute atomic E-state index is 0. The summed E-state index contributed by atoms with van der Waals surface area (Å²) in [5, 5.41) is 8.42. The lowest BCUT2D eigenvalue weighted by Crippen LogP contribution is -2.36. The van der Waals surface area contributed by atoms with E-state index in [1.807, 2.05) is 6.92 Å². The van der Waals surface area contributed by atoms with Gasteiger partial charge in [-0.3, -0.25) is 9.59 Å². The molecule has 5 nitrogen and oxygen atoms in total. The second-order valence-electron chi connectivity index (χ2n) is 4.87. The average Bonchev–Trinajstić information content (AvgIpc) is 2.46. The van der Waals surface area contributed by atoms with E-state index in [2.05, 4.69) is 16.0 Å². The van der Waals surface area contributed by atoms with Crippen molar-refractivity contribution >= 4 is 24.2 Å². The van der Waals surface area contributed by atoms with Crippen LogP contribution in [-0.4, -0.2) is 38.5 Å². The van der Waals surface area contributed by atoms with Gasteiger partial charge in [-0.25, -0.2) is 4.39 Å². The molecule has 0 heterocycles. The molecule has 0 spiro atoms. The Bertz CT molecular complexity index is 486. The largest absolute Gasteiger partial charge is 0.356 e. The second kappa shape index (κ2) is 11.0. The van der Waals surface area contributed by atoms with Gasteiger partial charge in [0.1, 0.15) is 5.82 Å². The molecule has 0 fully saturated rings. The van der Waals surface area contributed by atoms with Crippen LogP contribution in [0.4, 0.5) is 4.39 Å². The van der Waals surface area contributed by atoms with Crippen LogP contribution in [0.2, 0.25) is 0 Å². The Morgan fingerprint density at radius 2 is 1.91 bits per heavy atom. The molecule has 1 unspecified atom stereocenters. The minimum atomic E-state index is -0.437. The molecule has 0 radical (unpaired) electrons. The van der Waals surface area contributed by atoms with Crippen molar-refractivity contribution in [3.05, 3.63) is 35.6 Å². The Morgan fingerprint density at radius 3 is 2.55 bits per heavy atom. The van der Waals surface area contributed by atoms with E-state index in [4.69, 9.17) is 0 Å². The maximum atomic E-state index is 13.0. The number of rotatable bonds is 8. The number of nitrogens with one attached hydrogen (secondary N) is 3. The first kappa shape index (κ1) is 20.3. The summed E-state index contributed by atoms with van der Waals surface area (Å²) in [5.74, 6) is -0.851. The summed E-state index contributed by atoms with van der Waals surface area (Å²) in [6, 6.07) is 5.53. The third kappa shape index (κ3) is 7.38. The van der Waals surface area contributed by atoms with Crippen LogP contribution >= 0.6 is 12.4 Å². The highest BCUT2D eigenvalue weighted by Crippen LogP contribution is 2.02. The first-order valence-electron chi connectivity index (χ1n) is 7.00. The van der Waals surface area contributed by atoms with Crippen molar-refractivity contribution in [1.29, 1.82) is 0 Å². The standard InChI is InChI=1S/C15H22FN3O2.ClH/c1-11(10-17-2)14(20)18-7-4-8-19-15(21)12-5-3-6-13(16)9-12;/h3,5-6,9,11,17H,4,7-8,10H2,1-2H3,(H,18,20)(H,19,21);1H. The molecule has 1 aromatic carbocycles. The number of amides is 2. The van der Waals surface area contributed by atoms with Gasteiger partial charge in [0.25, 0.3) is 5.91 Å². The third-order valence-electron chi connectivity index (χ3n) is 2.98. The fraction of sp³-hybridized carbons (Fsp3) is 0.467. The normalized spacial score (nSPS) is 11.2. The van der Waals surface area contributed by atoms with Gasteiger partial charge in [-0.1, -0.05) is 13.0 Å². The van der Waals surface area contributed by atoms with Crippen molar-refractivity contribution in [1.82, 2.24) is 16.0 Å².